The molecule has 4 heteroatoms. The van der Waals surface area contributed by atoms with E-state index in [2.05, 4.69) is 25.2 Å². The van der Waals surface area contributed by atoms with E-state index < -0.39 is 0 Å². The predicted molar refractivity (Wildman–Crippen MR) is 70.3 cm³/mol. The van der Waals surface area contributed by atoms with Crippen LogP contribution in [-0.2, 0) is 6.54 Å². The number of benzene rings is 1. The molecule has 0 spiro atoms. The van der Waals surface area contributed by atoms with Crippen molar-refractivity contribution in [2.45, 2.75) is 26.4 Å². The lowest BCUT2D eigenvalue weighted by molar-refractivity contribution is 0.210. The molecule has 0 saturated carbocycles. The SMILES string of the molecule is COc1ccc(CNC(CO)C(C)C)cc1C#N. The van der Waals surface area contributed by atoms with Crippen LogP contribution in [0.5, 0.6) is 5.75 Å². The lowest BCUT2D eigenvalue weighted by Crippen LogP contribution is -2.36. The molecule has 98 valence electrons. The number of methoxy groups -OCH3 is 1. The van der Waals surface area contributed by atoms with Crippen LogP contribution >= 0.6 is 0 Å². The van der Waals surface area contributed by atoms with Gasteiger partial charge in [-0.1, -0.05) is 19.9 Å². The number of hydrogen-bond acceptors (Lipinski definition) is 4. The van der Waals surface area contributed by atoms with Gasteiger partial charge in [-0.15, -0.1) is 0 Å². The molecular weight excluding hydrogens is 228 g/mol. The van der Waals surface area contributed by atoms with Crippen LogP contribution in [0.25, 0.3) is 0 Å². The molecule has 1 atom stereocenters. The summed E-state index contributed by atoms with van der Waals surface area (Å²) in [5.74, 6) is 0.951. The van der Waals surface area contributed by atoms with E-state index in [-0.39, 0.29) is 12.6 Å². The molecule has 0 aliphatic rings. The first-order valence-electron chi connectivity index (χ1n) is 6.03. The summed E-state index contributed by atoms with van der Waals surface area (Å²) in [6.45, 7) is 4.85. The Hall–Kier alpha value is -1.57. The molecule has 0 aliphatic heterocycles. The van der Waals surface area contributed by atoms with Crippen LogP contribution in [0.1, 0.15) is 25.0 Å². The third-order valence-corrected chi connectivity index (χ3v) is 2.95. The smallest absolute Gasteiger partial charge is 0.136 e. The zero-order valence-electron chi connectivity index (χ0n) is 11.1. The van der Waals surface area contributed by atoms with Crippen molar-refractivity contribution in [1.29, 1.82) is 5.26 Å². The maximum atomic E-state index is 9.22. The van der Waals surface area contributed by atoms with Gasteiger partial charge < -0.3 is 15.2 Å². The maximum Gasteiger partial charge on any atom is 0.136 e. The first-order chi connectivity index (χ1) is 8.62. The van der Waals surface area contributed by atoms with Crippen molar-refractivity contribution in [3.8, 4) is 11.8 Å². The lowest BCUT2D eigenvalue weighted by Gasteiger charge is -2.20. The second kappa shape index (κ2) is 7.00. The molecule has 0 heterocycles. The highest BCUT2D eigenvalue weighted by molar-refractivity contribution is 5.45. The average molecular weight is 248 g/mol. The normalized spacial score (nSPS) is 12.2. The summed E-state index contributed by atoms with van der Waals surface area (Å²) in [6.07, 6.45) is 0. The van der Waals surface area contributed by atoms with E-state index in [1.807, 2.05) is 6.07 Å². The number of hydrogen-bond donors (Lipinski definition) is 2. The minimum absolute atomic E-state index is 0.0673. The van der Waals surface area contributed by atoms with Crippen LogP contribution in [0.2, 0.25) is 0 Å². The molecular formula is C14H20N2O2. The minimum atomic E-state index is 0.0673. The Balaban J connectivity index is 2.71. The Labute approximate surface area is 108 Å². The van der Waals surface area contributed by atoms with Crippen LogP contribution in [0.4, 0.5) is 0 Å². The molecule has 0 aromatic heterocycles. The topological polar surface area (TPSA) is 65.3 Å². The van der Waals surface area contributed by atoms with Gasteiger partial charge in [0.1, 0.15) is 11.8 Å². The molecule has 1 rings (SSSR count). The zero-order chi connectivity index (χ0) is 13.5. The van der Waals surface area contributed by atoms with Gasteiger partial charge in [-0.05, 0) is 23.6 Å². The van der Waals surface area contributed by atoms with Gasteiger partial charge in [-0.25, -0.2) is 0 Å². The highest BCUT2D eigenvalue weighted by atomic mass is 16.5. The number of rotatable bonds is 6. The molecule has 0 bridgehead atoms. The van der Waals surface area contributed by atoms with E-state index in [0.717, 1.165) is 5.56 Å². The quantitative estimate of drug-likeness (QED) is 0.803. The van der Waals surface area contributed by atoms with E-state index in [1.54, 1.807) is 19.2 Å². The Morgan fingerprint density at radius 1 is 1.44 bits per heavy atom. The average Bonchev–Trinajstić information content (AvgIpc) is 2.38. The van der Waals surface area contributed by atoms with E-state index >= 15 is 0 Å². The lowest BCUT2D eigenvalue weighted by atomic mass is 10.0. The fraction of sp³-hybridized carbons (Fsp3) is 0.500. The van der Waals surface area contributed by atoms with Crippen molar-refractivity contribution in [3.05, 3.63) is 29.3 Å². The van der Waals surface area contributed by atoms with Crippen LogP contribution < -0.4 is 10.1 Å². The van der Waals surface area contributed by atoms with Gasteiger partial charge in [-0.3, -0.25) is 0 Å². The summed E-state index contributed by atoms with van der Waals surface area (Å²) in [5.41, 5.74) is 1.54. The second-order valence-corrected chi connectivity index (χ2v) is 4.56. The zero-order valence-corrected chi connectivity index (χ0v) is 11.1. The largest absolute Gasteiger partial charge is 0.495 e. The number of nitrogens with zero attached hydrogens (tertiary/aromatic N) is 1. The van der Waals surface area contributed by atoms with Crippen molar-refractivity contribution in [3.63, 3.8) is 0 Å². The Kier molecular flexibility index (Phi) is 5.63. The molecule has 2 N–H and O–H groups in total. The molecule has 1 unspecified atom stereocenters. The van der Waals surface area contributed by atoms with Crippen molar-refractivity contribution < 1.29 is 9.84 Å². The number of aliphatic hydroxyl groups is 1. The molecule has 0 fully saturated rings. The number of nitrogens with one attached hydrogen (secondary N) is 1. The number of nitriles is 1. The van der Waals surface area contributed by atoms with Gasteiger partial charge in [0.25, 0.3) is 0 Å². The molecule has 0 aliphatic carbocycles. The number of aliphatic hydroxyl groups excluding tert-OH is 1. The molecule has 0 amide bonds. The Morgan fingerprint density at radius 3 is 2.67 bits per heavy atom. The van der Waals surface area contributed by atoms with E-state index in [1.165, 1.54) is 0 Å². The first kappa shape index (κ1) is 14.5. The molecule has 18 heavy (non-hydrogen) atoms. The standard InChI is InChI=1S/C14H20N2O2/c1-10(2)13(9-17)16-8-11-4-5-14(18-3)12(6-11)7-15/h4-6,10,13,16-17H,8-9H2,1-3H3. The fourth-order valence-corrected chi connectivity index (χ4v) is 1.71. The van der Waals surface area contributed by atoms with Crippen LogP contribution in [0.3, 0.4) is 0 Å². The second-order valence-electron chi connectivity index (χ2n) is 4.56. The summed E-state index contributed by atoms with van der Waals surface area (Å²) < 4.78 is 5.09. The van der Waals surface area contributed by atoms with Gasteiger partial charge in [0.05, 0.1) is 19.3 Å². The summed E-state index contributed by atoms with van der Waals surface area (Å²) in [4.78, 5) is 0. The monoisotopic (exact) mass is 248 g/mol. The Bertz CT molecular complexity index is 424. The van der Waals surface area contributed by atoms with Gasteiger partial charge in [0.2, 0.25) is 0 Å². The molecule has 0 radical (unpaired) electrons. The van der Waals surface area contributed by atoms with Crippen LogP contribution in [0.15, 0.2) is 18.2 Å². The van der Waals surface area contributed by atoms with Crippen LogP contribution in [-0.4, -0.2) is 24.9 Å². The highest BCUT2D eigenvalue weighted by Crippen LogP contribution is 2.18. The third-order valence-electron chi connectivity index (χ3n) is 2.95. The third kappa shape index (κ3) is 3.73. The van der Waals surface area contributed by atoms with Gasteiger partial charge in [0.15, 0.2) is 0 Å². The fourth-order valence-electron chi connectivity index (χ4n) is 1.71. The Morgan fingerprint density at radius 2 is 2.17 bits per heavy atom. The molecule has 1 aromatic rings. The molecule has 1 aromatic carbocycles. The molecule has 0 saturated heterocycles. The number of ether oxygens (including phenoxy) is 1. The van der Waals surface area contributed by atoms with E-state index in [0.29, 0.717) is 23.8 Å². The minimum Gasteiger partial charge on any atom is -0.495 e. The molecule has 4 nitrogen and oxygen atoms in total. The first-order valence-corrected chi connectivity index (χ1v) is 6.03. The van der Waals surface area contributed by atoms with Gasteiger partial charge in [0, 0.05) is 12.6 Å². The summed E-state index contributed by atoms with van der Waals surface area (Å²) in [7, 11) is 1.55. The van der Waals surface area contributed by atoms with Crippen LogP contribution in [0, 0.1) is 17.2 Å². The predicted octanol–water partition coefficient (Wildman–Crippen LogP) is 1.67. The van der Waals surface area contributed by atoms with Crippen molar-refractivity contribution in [2.75, 3.05) is 13.7 Å². The van der Waals surface area contributed by atoms with Gasteiger partial charge in [-0.2, -0.15) is 5.26 Å². The summed E-state index contributed by atoms with van der Waals surface area (Å²) in [5, 5.41) is 21.5. The van der Waals surface area contributed by atoms with E-state index in [9.17, 15) is 5.11 Å². The summed E-state index contributed by atoms with van der Waals surface area (Å²) in [6, 6.07) is 7.69. The maximum absolute atomic E-state index is 9.22. The van der Waals surface area contributed by atoms with E-state index in [4.69, 9.17) is 10.00 Å². The van der Waals surface area contributed by atoms with Crippen molar-refractivity contribution in [2.24, 2.45) is 5.92 Å². The van der Waals surface area contributed by atoms with Crippen molar-refractivity contribution in [1.82, 2.24) is 5.32 Å². The highest BCUT2D eigenvalue weighted by Gasteiger charge is 2.11. The van der Waals surface area contributed by atoms with Gasteiger partial charge >= 0.3 is 0 Å². The van der Waals surface area contributed by atoms with Crippen molar-refractivity contribution >= 4 is 0 Å². The summed E-state index contributed by atoms with van der Waals surface area (Å²) >= 11 is 0.